The van der Waals surface area contributed by atoms with Gasteiger partial charge >= 0.3 is 0 Å². The Morgan fingerprint density at radius 3 is 1.74 bits per heavy atom. The van der Waals surface area contributed by atoms with Crippen LogP contribution < -0.4 is 38.5 Å². The zero-order valence-electron chi connectivity index (χ0n) is 27.2. The summed E-state index contributed by atoms with van der Waals surface area (Å²) in [4.78, 5) is 57.8. The van der Waals surface area contributed by atoms with E-state index in [0.717, 1.165) is 17.5 Å². The van der Waals surface area contributed by atoms with E-state index in [9.17, 15) is 19.2 Å². The molecule has 0 aromatic heterocycles. The number of hydrogen-bond donors (Lipinski definition) is 7. The lowest BCUT2D eigenvalue weighted by molar-refractivity contribution is -0.134. The van der Waals surface area contributed by atoms with Crippen LogP contribution in [0.15, 0.2) is 65.7 Å². The van der Waals surface area contributed by atoms with Crippen LogP contribution in [0.1, 0.15) is 63.0 Å². The van der Waals surface area contributed by atoms with Crippen molar-refractivity contribution in [3.05, 3.63) is 71.8 Å². The van der Waals surface area contributed by atoms with Crippen molar-refractivity contribution in [1.82, 2.24) is 21.3 Å². The van der Waals surface area contributed by atoms with Gasteiger partial charge in [-0.15, -0.1) is 0 Å². The number of nitrogens with two attached hydrogens (primary N) is 3. The fourth-order valence-electron chi connectivity index (χ4n) is 5.05. The number of nitrogens with one attached hydrogen (secondary N) is 4. The van der Waals surface area contributed by atoms with Crippen LogP contribution in [-0.2, 0) is 32.0 Å². The van der Waals surface area contributed by atoms with Crippen molar-refractivity contribution in [3.8, 4) is 0 Å². The number of rotatable bonds is 22. The van der Waals surface area contributed by atoms with Crippen molar-refractivity contribution in [3.63, 3.8) is 0 Å². The summed E-state index contributed by atoms with van der Waals surface area (Å²) < 4.78 is 0. The molecule has 0 saturated heterocycles. The van der Waals surface area contributed by atoms with E-state index in [2.05, 4.69) is 26.3 Å². The van der Waals surface area contributed by atoms with Crippen molar-refractivity contribution in [2.24, 2.45) is 22.2 Å². The largest absolute Gasteiger partial charge is 0.370 e. The maximum absolute atomic E-state index is 13.9. The average molecular weight is 637 g/mol. The molecule has 12 nitrogen and oxygen atoms in total. The monoisotopic (exact) mass is 636 g/mol. The lowest BCUT2D eigenvalue weighted by atomic mass is 10.00. The van der Waals surface area contributed by atoms with Crippen LogP contribution in [0.25, 0.3) is 0 Å². The topological polar surface area (TPSA) is 207 Å². The molecule has 4 unspecified atom stereocenters. The van der Waals surface area contributed by atoms with Gasteiger partial charge in [0, 0.05) is 19.4 Å². The first-order valence-corrected chi connectivity index (χ1v) is 16.1. The molecule has 12 heteroatoms. The molecule has 2 aromatic carbocycles. The first-order valence-electron chi connectivity index (χ1n) is 16.1. The fourth-order valence-corrected chi connectivity index (χ4v) is 5.05. The third-order valence-electron chi connectivity index (χ3n) is 7.59. The Morgan fingerprint density at radius 2 is 1.20 bits per heavy atom. The Hall–Kier alpha value is -4.29. The number of unbranched alkanes of at least 4 members (excludes halogenated alkanes) is 1. The van der Waals surface area contributed by atoms with Gasteiger partial charge in [-0.1, -0.05) is 67.6 Å². The number of hydrogen-bond acceptors (Lipinski definition) is 7. The summed E-state index contributed by atoms with van der Waals surface area (Å²) in [7, 11) is 1.69. The summed E-state index contributed by atoms with van der Waals surface area (Å²) >= 11 is 0. The highest BCUT2D eigenvalue weighted by Crippen LogP contribution is 2.10. The Morgan fingerprint density at radius 1 is 0.696 bits per heavy atom. The molecular weight excluding hydrogens is 584 g/mol. The molecular formula is C34H52N8O4. The first kappa shape index (κ1) is 37.9. The van der Waals surface area contributed by atoms with Crippen LogP contribution in [0.4, 0.5) is 0 Å². The molecule has 3 amide bonds. The Kier molecular flexibility index (Phi) is 17.7. The van der Waals surface area contributed by atoms with E-state index < -0.39 is 36.0 Å². The number of carbonyl (C=O) groups is 4. The van der Waals surface area contributed by atoms with Gasteiger partial charge < -0.3 is 38.5 Å². The van der Waals surface area contributed by atoms with E-state index in [0.29, 0.717) is 45.1 Å². The normalized spacial score (nSPS) is 13.5. The third kappa shape index (κ3) is 14.2. The van der Waals surface area contributed by atoms with E-state index in [1.807, 2.05) is 67.6 Å². The third-order valence-corrected chi connectivity index (χ3v) is 7.59. The molecule has 2 rings (SSSR count). The zero-order valence-corrected chi connectivity index (χ0v) is 27.2. The van der Waals surface area contributed by atoms with Crippen molar-refractivity contribution < 1.29 is 19.2 Å². The highest BCUT2D eigenvalue weighted by atomic mass is 16.2. The van der Waals surface area contributed by atoms with Crippen molar-refractivity contribution in [2.75, 3.05) is 20.1 Å². The van der Waals surface area contributed by atoms with Crippen LogP contribution >= 0.6 is 0 Å². The molecule has 0 radical (unpaired) electrons. The number of ketones is 1. The number of benzene rings is 2. The van der Waals surface area contributed by atoms with Crippen molar-refractivity contribution >= 4 is 29.5 Å². The molecule has 0 aliphatic heterocycles. The van der Waals surface area contributed by atoms with Crippen LogP contribution in [0, 0.1) is 0 Å². The lowest BCUT2D eigenvalue weighted by Crippen LogP contribution is -2.58. The number of guanidine groups is 1. The molecule has 0 fully saturated rings. The highest BCUT2D eigenvalue weighted by molar-refractivity contribution is 5.95. The molecule has 252 valence electrons. The van der Waals surface area contributed by atoms with E-state index in [1.54, 1.807) is 7.05 Å². The minimum atomic E-state index is -0.993. The second-order valence-electron chi connectivity index (χ2n) is 11.4. The predicted molar refractivity (Wildman–Crippen MR) is 182 cm³/mol. The maximum atomic E-state index is 13.9. The molecule has 0 bridgehead atoms. The Labute approximate surface area is 272 Å². The fraction of sp³-hybridized carbons (Fsp3) is 0.500. The number of aliphatic imine (C=N–C) groups is 1. The van der Waals surface area contributed by atoms with Gasteiger partial charge in [0.15, 0.2) is 11.7 Å². The smallest absolute Gasteiger partial charge is 0.243 e. The van der Waals surface area contributed by atoms with Crippen LogP contribution in [0.5, 0.6) is 0 Å². The second-order valence-corrected chi connectivity index (χ2v) is 11.4. The van der Waals surface area contributed by atoms with E-state index in [1.165, 1.54) is 0 Å². The molecule has 0 saturated carbocycles. The van der Waals surface area contributed by atoms with Gasteiger partial charge in [0.2, 0.25) is 17.7 Å². The molecule has 0 spiro atoms. The maximum Gasteiger partial charge on any atom is 0.243 e. The van der Waals surface area contributed by atoms with Gasteiger partial charge in [0.05, 0.1) is 12.1 Å². The van der Waals surface area contributed by atoms with E-state index in [-0.39, 0.29) is 37.0 Å². The van der Waals surface area contributed by atoms with Gasteiger partial charge in [-0.25, -0.2) is 0 Å². The molecule has 4 atom stereocenters. The van der Waals surface area contributed by atoms with Gasteiger partial charge in [-0.05, 0) is 69.7 Å². The first-order chi connectivity index (χ1) is 22.2. The number of likely N-dealkylation sites (N-methyl/N-ethyl adjacent to an activating group) is 1. The number of carbonyl (C=O) groups excluding carboxylic acids is 4. The Balaban J connectivity index is 2.29. The molecule has 0 aliphatic rings. The van der Waals surface area contributed by atoms with Crippen molar-refractivity contribution in [2.45, 2.75) is 88.9 Å². The summed E-state index contributed by atoms with van der Waals surface area (Å²) in [6, 6.07) is 15.7. The molecule has 10 N–H and O–H groups in total. The molecule has 2 aromatic rings. The average Bonchev–Trinajstić information content (AvgIpc) is 3.05. The summed E-state index contributed by atoms with van der Waals surface area (Å²) in [6.45, 7) is 2.65. The minimum absolute atomic E-state index is 0.0656. The van der Waals surface area contributed by atoms with Crippen molar-refractivity contribution in [1.29, 1.82) is 0 Å². The predicted octanol–water partition coefficient (Wildman–Crippen LogP) is 1.07. The minimum Gasteiger partial charge on any atom is -0.370 e. The van der Waals surface area contributed by atoms with E-state index >= 15 is 0 Å². The van der Waals surface area contributed by atoms with E-state index in [4.69, 9.17) is 17.2 Å². The summed E-state index contributed by atoms with van der Waals surface area (Å²) in [5.74, 6) is -1.49. The quantitative estimate of drug-likeness (QED) is 0.0564. The molecule has 0 aliphatic carbocycles. The summed E-state index contributed by atoms with van der Waals surface area (Å²) in [5.41, 5.74) is 18.4. The number of amides is 3. The SMILES string of the molecule is CCCC(=O)C(CCCCN)NC(=O)C(CCCN=C(N)N)NC(=O)C(Cc1ccccc1)NC(=O)C(Cc1ccccc1)NC. The van der Waals surface area contributed by atoms with Gasteiger partial charge in [-0.2, -0.15) is 0 Å². The summed E-state index contributed by atoms with van der Waals surface area (Å²) in [5, 5.41) is 11.7. The second kappa shape index (κ2) is 21.4. The van der Waals surface area contributed by atoms with Gasteiger partial charge in [-0.3, -0.25) is 24.2 Å². The zero-order chi connectivity index (χ0) is 33.7. The lowest BCUT2D eigenvalue weighted by Gasteiger charge is -2.26. The van der Waals surface area contributed by atoms with Crippen LogP contribution in [-0.4, -0.2) is 73.8 Å². The molecule has 0 heterocycles. The summed E-state index contributed by atoms with van der Waals surface area (Å²) in [6.07, 6.45) is 4.08. The highest BCUT2D eigenvalue weighted by Gasteiger charge is 2.30. The van der Waals surface area contributed by atoms with Gasteiger partial charge in [0.25, 0.3) is 0 Å². The molecule has 46 heavy (non-hydrogen) atoms. The number of Topliss-reactive ketones (excluding diaryl/α,β-unsaturated/α-hetero) is 1. The van der Waals surface area contributed by atoms with Crippen LogP contribution in [0.3, 0.4) is 0 Å². The van der Waals surface area contributed by atoms with Gasteiger partial charge in [0.1, 0.15) is 12.1 Å². The Bertz CT molecular complexity index is 1240. The number of nitrogens with zero attached hydrogens (tertiary/aromatic N) is 1. The standard InChI is InChI=1S/C34H52N8O4/c1-3-13-30(43)26(18-10-11-20-35)40-31(44)27(19-12-21-39-34(36)37)41-33(46)29(23-25-16-8-5-9-17-25)42-32(45)28(38-2)22-24-14-6-4-7-15-24/h4-9,14-17,26-29,38H,3,10-13,18-23,35H2,1-2H3,(H,40,44)(H,41,46)(H,42,45)(H4,36,37,39). The van der Waals surface area contributed by atoms with Crippen LogP contribution in [0.2, 0.25) is 0 Å².